The minimum absolute atomic E-state index is 0.0391. The normalized spacial score (nSPS) is 18.0. The number of halogens is 1. The van der Waals surface area contributed by atoms with Crippen molar-refractivity contribution in [3.8, 4) is 0 Å². The van der Waals surface area contributed by atoms with Crippen LogP contribution in [0.25, 0.3) is 0 Å². The molecule has 1 heterocycles. The molecule has 26 heavy (non-hydrogen) atoms. The predicted octanol–water partition coefficient (Wildman–Crippen LogP) is 2.98. The van der Waals surface area contributed by atoms with E-state index in [1.165, 1.54) is 29.5 Å². The summed E-state index contributed by atoms with van der Waals surface area (Å²) in [5.41, 5.74) is 1.28. The lowest BCUT2D eigenvalue weighted by atomic mass is 10.2. The van der Waals surface area contributed by atoms with Crippen LogP contribution in [0.5, 0.6) is 0 Å². The van der Waals surface area contributed by atoms with Gasteiger partial charge >= 0.3 is 0 Å². The second-order valence-corrected chi connectivity index (χ2v) is 6.94. The number of carbonyl (C=O) groups excluding carboxylic acids is 2. The first kappa shape index (κ1) is 18.1. The van der Waals surface area contributed by atoms with Crippen molar-refractivity contribution in [1.29, 1.82) is 0 Å². The number of nitrogens with one attached hydrogen (secondary N) is 2. The Hall–Kier alpha value is -2.67. The van der Waals surface area contributed by atoms with Gasteiger partial charge in [-0.25, -0.2) is 4.39 Å². The highest BCUT2D eigenvalue weighted by Crippen LogP contribution is 2.23. The molecule has 1 fully saturated rings. The first-order valence-corrected chi connectivity index (χ1v) is 9.10. The quantitative estimate of drug-likeness (QED) is 0.820. The van der Waals surface area contributed by atoms with Crippen molar-refractivity contribution in [2.24, 2.45) is 4.99 Å². The molecular weight excluding hydrogens is 353 g/mol. The molecule has 0 bridgehead atoms. The molecule has 0 aromatic heterocycles. The number of para-hydroxylation sites is 1. The minimum atomic E-state index is -0.558. The summed E-state index contributed by atoms with van der Waals surface area (Å²) in [5, 5.41) is 5.15. The average molecular weight is 371 g/mol. The zero-order valence-corrected chi connectivity index (χ0v) is 14.8. The van der Waals surface area contributed by atoms with Crippen LogP contribution in [-0.2, 0) is 16.0 Å². The highest BCUT2D eigenvalue weighted by molar-refractivity contribution is 8.15. The van der Waals surface area contributed by atoms with E-state index in [0.717, 1.165) is 6.42 Å². The number of anilines is 1. The Bertz CT molecular complexity index is 827. The molecule has 2 amide bonds. The van der Waals surface area contributed by atoms with Crippen LogP contribution in [0.15, 0.2) is 59.6 Å². The third-order valence-electron chi connectivity index (χ3n) is 3.79. The zero-order valence-electron chi connectivity index (χ0n) is 13.9. The Morgan fingerprint density at radius 2 is 1.88 bits per heavy atom. The van der Waals surface area contributed by atoms with Crippen LogP contribution in [0.2, 0.25) is 0 Å². The number of thioether (sulfide) groups is 1. The van der Waals surface area contributed by atoms with Crippen LogP contribution in [0.4, 0.5) is 10.1 Å². The van der Waals surface area contributed by atoms with Gasteiger partial charge in [0, 0.05) is 13.0 Å². The van der Waals surface area contributed by atoms with E-state index in [4.69, 9.17) is 0 Å². The second-order valence-electron chi connectivity index (χ2n) is 5.75. The summed E-state index contributed by atoms with van der Waals surface area (Å²) in [6.07, 6.45) is 0.738. The van der Waals surface area contributed by atoms with E-state index in [2.05, 4.69) is 15.6 Å². The fourth-order valence-corrected chi connectivity index (χ4v) is 3.47. The van der Waals surface area contributed by atoms with Crippen molar-refractivity contribution >= 4 is 34.4 Å². The molecule has 7 heteroatoms. The van der Waals surface area contributed by atoms with Crippen molar-refractivity contribution in [3.63, 3.8) is 0 Å². The number of hydrogen-bond acceptors (Lipinski definition) is 4. The van der Waals surface area contributed by atoms with Crippen molar-refractivity contribution in [1.82, 2.24) is 5.32 Å². The number of amidine groups is 1. The Kier molecular flexibility index (Phi) is 6.01. The monoisotopic (exact) mass is 371 g/mol. The van der Waals surface area contributed by atoms with Crippen LogP contribution in [0.3, 0.4) is 0 Å². The van der Waals surface area contributed by atoms with Gasteiger partial charge in [0.2, 0.25) is 11.8 Å². The summed E-state index contributed by atoms with van der Waals surface area (Å²) in [6, 6.07) is 15.9. The molecule has 1 aliphatic heterocycles. The third-order valence-corrected chi connectivity index (χ3v) is 4.91. The van der Waals surface area contributed by atoms with E-state index >= 15 is 0 Å². The number of aliphatic imine (C=N–C) groups is 1. The maximum absolute atomic E-state index is 13.6. The summed E-state index contributed by atoms with van der Waals surface area (Å²) in [5.74, 6) is -1.17. The number of amides is 2. The van der Waals surface area contributed by atoms with Crippen LogP contribution in [0, 0.1) is 5.82 Å². The molecule has 0 spiro atoms. The average Bonchev–Trinajstić information content (AvgIpc) is 2.97. The number of rotatable bonds is 6. The molecule has 1 atom stereocenters. The van der Waals surface area contributed by atoms with Gasteiger partial charge in [0.1, 0.15) is 11.1 Å². The van der Waals surface area contributed by atoms with Gasteiger partial charge in [0.05, 0.1) is 5.69 Å². The molecule has 0 radical (unpaired) electrons. The van der Waals surface area contributed by atoms with Crippen molar-refractivity contribution in [3.05, 3.63) is 66.0 Å². The summed E-state index contributed by atoms with van der Waals surface area (Å²) < 4.78 is 13.6. The fourth-order valence-electron chi connectivity index (χ4n) is 2.48. The third kappa shape index (κ3) is 4.92. The molecule has 1 aliphatic rings. The number of benzene rings is 2. The van der Waals surface area contributed by atoms with Gasteiger partial charge in [-0.2, -0.15) is 0 Å². The van der Waals surface area contributed by atoms with E-state index in [-0.39, 0.29) is 18.0 Å². The topological polar surface area (TPSA) is 70.6 Å². The van der Waals surface area contributed by atoms with Crippen LogP contribution in [0.1, 0.15) is 12.0 Å². The highest BCUT2D eigenvalue weighted by Gasteiger charge is 2.32. The molecule has 2 aromatic carbocycles. The lowest BCUT2D eigenvalue weighted by Gasteiger charge is -2.08. The van der Waals surface area contributed by atoms with Gasteiger partial charge in [-0.05, 0) is 24.1 Å². The highest BCUT2D eigenvalue weighted by atomic mass is 32.2. The molecule has 3 rings (SSSR count). The Balaban J connectivity index is 1.50. The van der Waals surface area contributed by atoms with Crippen LogP contribution < -0.4 is 10.6 Å². The van der Waals surface area contributed by atoms with Gasteiger partial charge < -0.3 is 10.6 Å². The van der Waals surface area contributed by atoms with E-state index in [0.29, 0.717) is 11.7 Å². The molecule has 0 aliphatic carbocycles. The Morgan fingerprint density at radius 1 is 1.15 bits per heavy atom. The summed E-state index contributed by atoms with van der Waals surface area (Å²) in [4.78, 5) is 28.4. The summed E-state index contributed by atoms with van der Waals surface area (Å²) in [6.45, 7) is 0.556. The zero-order chi connectivity index (χ0) is 18.4. The predicted molar refractivity (Wildman–Crippen MR) is 102 cm³/mol. The minimum Gasteiger partial charge on any atom is -0.324 e. The largest absolute Gasteiger partial charge is 0.324 e. The molecule has 2 N–H and O–H groups in total. The summed E-state index contributed by atoms with van der Waals surface area (Å²) >= 11 is 1.23. The molecular formula is C19H18FN3O2S. The maximum atomic E-state index is 13.6. The van der Waals surface area contributed by atoms with E-state index < -0.39 is 17.0 Å². The number of hydrogen-bond donors (Lipinski definition) is 2. The van der Waals surface area contributed by atoms with Crippen LogP contribution in [-0.4, -0.2) is 28.8 Å². The molecule has 1 saturated heterocycles. The lowest BCUT2D eigenvalue weighted by molar-refractivity contribution is -0.122. The molecule has 134 valence electrons. The van der Waals surface area contributed by atoms with Gasteiger partial charge in [0.25, 0.3) is 0 Å². The smallest absolute Gasteiger partial charge is 0.240 e. The fraction of sp³-hybridized carbons (Fsp3) is 0.211. The summed E-state index contributed by atoms with van der Waals surface area (Å²) in [7, 11) is 0. The van der Waals surface area contributed by atoms with Crippen LogP contribution >= 0.6 is 11.8 Å². The van der Waals surface area contributed by atoms with Gasteiger partial charge in [-0.3, -0.25) is 14.6 Å². The van der Waals surface area contributed by atoms with E-state index in [1.807, 2.05) is 30.3 Å². The van der Waals surface area contributed by atoms with E-state index in [1.54, 1.807) is 12.1 Å². The SMILES string of the molecule is O=C(C[C@H]1SC(=NCCc2ccccc2)NC1=O)Nc1ccccc1F. The van der Waals surface area contributed by atoms with Crippen molar-refractivity contribution in [2.75, 3.05) is 11.9 Å². The Labute approximate surface area is 155 Å². The maximum Gasteiger partial charge on any atom is 0.240 e. The second kappa shape index (κ2) is 8.62. The molecule has 2 aromatic rings. The molecule has 0 unspecified atom stereocenters. The molecule has 0 saturated carbocycles. The van der Waals surface area contributed by atoms with Crippen molar-refractivity contribution < 1.29 is 14.0 Å². The first-order chi connectivity index (χ1) is 12.6. The first-order valence-electron chi connectivity index (χ1n) is 8.22. The lowest BCUT2D eigenvalue weighted by Crippen LogP contribution is -2.28. The van der Waals surface area contributed by atoms with Gasteiger partial charge in [0.15, 0.2) is 5.17 Å². The van der Waals surface area contributed by atoms with E-state index in [9.17, 15) is 14.0 Å². The van der Waals surface area contributed by atoms with Gasteiger partial charge in [-0.1, -0.05) is 54.2 Å². The number of nitrogens with zero attached hydrogens (tertiary/aromatic N) is 1. The molecule has 5 nitrogen and oxygen atoms in total. The number of carbonyl (C=O) groups is 2. The van der Waals surface area contributed by atoms with Gasteiger partial charge in [-0.15, -0.1) is 0 Å². The van der Waals surface area contributed by atoms with Crippen molar-refractivity contribution in [2.45, 2.75) is 18.1 Å². The Morgan fingerprint density at radius 3 is 2.65 bits per heavy atom. The standard InChI is InChI=1S/C19H18FN3O2S/c20-14-8-4-5-9-15(14)22-17(24)12-16-18(25)23-19(26-16)21-11-10-13-6-2-1-3-7-13/h1-9,16H,10-12H2,(H,22,24)(H,21,23,25)/t16-/m1/s1.